The van der Waals surface area contributed by atoms with Crippen LogP contribution in [0.4, 0.5) is 4.79 Å². The number of likely N-dealkylation sites (tertiary alicyclic amines) is 1. The van der Waals surface area contributed by atoms with Crippen molar-refractivity contribution in [3.05, 3.63) is 60.2 Å². The van der Waals surface area contributed by atoms with E-state index in [1.807, 2.05) is 59.5 Å². The lowest BCUT2D eigenvalue weighted by Crippen LogP contribution is -2.47. The molecule has 176 valence electrons. The summed E-state index contributed by atoms with van der Waals surface area (Å²) >= 11 is 0. The molecule has 33 heavy (non-hydrogen) atoms. The van der Waals surface area contributed by atoms with Gasteiger partial charge in [0.05, 0.1) is 0 Å². The molecule has 0 aromatic heterocycles. The Hall–Kier alpha value is -3.35. The summed E-state index contributed by atoms with van der Waals surface area (Å²) in [7, 11) is 0. The summed E-state index contributed by atoms with van der Waals surface area (Å²) in [6, 6.07) is 17.8. The van der Waals surface area contributed by atoms with Gasteiger partial charge in [0.25, 0.3) is 5.91 Å². The summed E-state index contributed by atoms with van der Waals surface area (Å²) in [5.74, 6) is -0.103. The summed E-state index contributed by atoms with van der Waals surface area (Å²) in [5.41, 5.74) is 2.30. The van der Waals surface area contributed by atoms with E-state index in [1.165, 1.54) is 0 Å². The molecule has 1 aliphatic rings. The number of amides is 3. The number of ether oxygens (including phenoxy) is 1. The number of carbonyl (C=O) groups is 3. The minimum Gasteiger partial charge on any atom is -0.444 e. The summed E-state index contributed by atoms with van der Waals surface area (Å²) in [5, 5.41) is 5.58. The van der Waals surface area contributed by atoms with Gasteiger partial charge < -0.3 is 20.3 Å². The van der Waals surface area contributed by atoms with E-state index in [-0.39, 0.29) is 30.8 Å². The largest absolute Gasteiger partial charge is 0.444 e. The van der Waals surface area contributed by atoms with Crippen molar-refractivity contribution < 1.29 is 19.1 Å². The molecule has 1 heterocycles. The highest BCUT2D eigenvalue weighted by atomic mass is 16.6. The fraction of sp³-hybridized carbons (Fsp3) is 0.423. The van der Waals surface area contributed by atoms with Gasteiger partial charge in [-0.05, 0) is 56.9 Å². The predicted molar refractivity (Wildman–Crippen MR) is 128 cm³/mol. The molecule has 2 aromatic rings. The summed E-state index contributed by atoms with van der Waals surface area (Å²) in [6.07, 6.45) is 1.07. The maximum atomic E-state index is 12.9. The molecule has 7 heteroatoms. The fourth-order valence-electron chi connectivity index (χ4n) is 3.74. The molecule has 0 unspecified atom stereocenters. The zero-order chi connectivity index (χ0) is 23.8. The van der Waals surface area contributed by atoms with Gasteiger partial charge in [-0.15, -0.1) is 0 Å². The lowest BCUT2D eigenvalue weighted by molar-refractivity contribution is -0.121. The molecule has 3 amide bonds. The highest BCUT2D eigenvalue weighted by Crippen LogP contribution is 2.21. The van der Waals surface area contributed by atoms with Gasteiger partial charge in [0.2, 0.25) is 5.91 Å². The fourth-order valence-corrected chi connectivity index (χ4v) is 3.74. The zero-order valence-electron chi connectivity index (χ0n) is 19.6. The number of nitrogens with zero attached hydrogens (tertiary/aromatic N) is 1. The van der Waals surface area contributed by atoms with E-state index >= 15 is 0 Å². The van der Waals surface area contributed by atoms with Crippen LogP contribution in [-0.4, -0.2) is 54.1 Å². The van der Waals surface area contributed by atoms with Crippen LogP contribution in [0.25, 0.3) is 11.1 Å². The van der Waals surface area contributed by atoms with Gasteiger partial charge >= 0.3 is 6.09 Å². The van der Waals surface area contributed by atoms with E-state index in [0.717, 1.165) is 11.1 Å². The molecule has 0 radical (unpaired) electrons. The molecule has 0 aliphatic carbocycles. The van der Waals surface area contributed by atoms with Crippen LogP contribution >= 0.6 is 0 Å². The second-order valence-electron chi connectivity index (χ2n) is 9.26. The Morgan fingerprint density at radius 2 is 1.55 bits per heavy atom. The molecule has 0 bridgehead atoms. The Labute approximate surface area is 195 Å². The smallest absolute Gasteiger partial charge is 0.407 e. The van der Waals surface area contributed by atoms with E-state index in [0.29, 0.717) is 31.5 Å². The van der Waals surface area contributed by atoms with Gasteiger partial charge in [-0.3, -0.25) is 9.59 Å². The highest BCUT2D eigenvalue weighted by Gasteiger charge is 2.24. The maximum absolute atomic E-state index is 12.9. The normalized spacial score (nSPS) is 14.5. The molecule has 7 nitrogen and oxygen atoms in total. The average molecular weight is 452 g/mol. The summed E-state index contributed by atoms with van der Waals surface area (Å²) < 4.78 is 5.15. The van der Waals surface area contributed by atoms with E-state index in [9.17, 15) is 14.4 Å². The van der Waals surface area contributed by atoms with Crippen LogP contribution in [-0.2, 0) is 9.53 Å². The van der Waals surface area contributed by atoms with Gasteiger partial charge in [-0.25, -0.2) is 4.79 Å². The van der Waals surface area contributed by atoms with Crippen molar-refractivity contribution in [2.75, 3.05) is 19.6 Å². The van der Waals surface area contributed by atoms with Crippen LogP contribution in [0.15, 0.2) is 54.6 Å². The topological polar surface area (TPSA) is 87.7 Å². The third kappa shape index (κ3) is 7.63. The predicted octanol–water partition coefficient (Wildman–Crippen LogP) is 3.99. The van der Waals surface area contributed by atoms with E-state index in [2.05, 4.69) is 10.6 Å². The number of alkyl carbamates (subject to hydrolysis) is 1. The average Bonchev–Trinajstić information content (AvgIpc) is 2.78. The van der Waals surface area contributed by atoms with E-state index in [1.54, 1.807) is 20.8 Å². The first kappa shape index (κ1) is 24.3. The maximum Gasteiger partial charge on any atom is 0.407 e. The van der Waals surface area contributed by atoms with Gasteiger partial charge in [-0.2, -0.15) is 0 Å². The minimum absolute atomic E-state index is 0.0148. The Bertz CT molecular complexity index is 944. The monoisotopic (exact) mass is 451 g/mol. The van der Waals surface area contributed by atoms with Gasteiger partial charge in [-0.1, -0.05) is 42.5 Å². The van der Waals surface area contributed by atoms with Crippen molar-refractivity contribution in [1.29, 1.82) is 0 Å². The molecular formula is C26H33N3O4. The Balaban J connectivity index is 1.40. The number of nitrogens with one attached hydrogen (secondary N) is 2. The molecule has 2 aromatic carbocycles. The second-order valence-corrected chi connectivity index (χ2v) is 9.26. The number of benzene rings is 2. The Morgan fingerprint density at radius 3 is 2.15 bits per heavy atom. The van der Waals surface area contributed by atoms with Crippen LogP contribution in [0.5, 0.6) is 0 Å². The number of carbonyl (C=O) groups excluding carboxylic acids is 3. The van der Waals surface area contributed by atoms with Crippen LogP contribution < -0.4 is 10.6 Å². The molecule has 0 atom stereocenters. The lowest BCUT2D eigenvalue weighted by atomic mass is 10.0. The lowest BCUT2D eigenvalue weighted by Gasteiger charge is -2.32. The van der Waals surface area contributed by atoms with Gasteiger partial charge in [0.1, 0.15) is 5.60 Å². The standard InChI is InChI=1S/C26H33N3O4/c1-26(2,3)33-25(32)27-16-13-23(30)28-22-14-17-29(18-15-22)24(31)21-11-9-20(10-12-21)19-7-5-4-6-8-19/h4-12,22H,13-18H2,1-3H3,(H,27,32)(H,28,30). The molecule has 1 aliphatic heterocycles. The molecule has 1 saturated heterocycles. The van der Waals surface area contributed by atoms with Crippen molar-refractivity contribution in [1.82, 2.24) is 15.5 Å². The van der Waals surface area contributed by atoms with Crippen molar-refractivity contribution in [2.24, 2.45) is 0 Å². The molecular weight excluding hydrogens is 418 g/mol. The van der Waals surface area contributed by atoms with Crippen molar-refractivity contribution in [3.8, 4) is 11.1 Å². The minimum atomic E-state index is -0.568. The van der Waals surface area contributed by atoms with Crippen LogP contribution in [0.3, 0.4) is 0 Å². The van der Waals surface area contributed by atoms with Crippen molar-refractivity contribution in [2.45, 2.75) is 51.7 Å². The van der Waals surface area contributed by atoms with E-state index in [4.69, 9.17) is 4.74 Å². The van der Waals surface area contributed by atoms with Crippen LogP contribution in [0.1, 0.15) is 50.4 Å². The van der Waals surface area contributed by atoms with Gasteiger partial charge in [0, 0.05) is 37.7 Å². The third-order valence-electron chi connectivity index (χ3n) is 5.41. The molecule has 1 fully saturated rings. The number of hydrogen-bond donors (Lipinski definition) is 2. The first-order valence-corrected chi connectivity index (χ1v) is 11.4. The van der Waals surface area contributed by atoms with Crippen molar-refractivity contribution >= 4 is 17.9 Å². The molecule has 2 N–H and O–H groups in total. The van der Waals surface area contributed by atoms with Crippen LogP contribution in [0.2, 0.25) is 0 Å². The number of rotatable bonds is 6. The second kappa shape index (κ2) is 11.0. The number of hydrogen-bond acceptors (Lipinski definition) is 4. The molecule has 0 saturated carbocycles. The number of piperidine rings is 1. The van der Waals surface area contributed by atoms with E-state index < -0.39 is 11.7 Å². The summed E-state index contributed by atoms with van der Waals surface area (Å²) in [4.78, 5) is 38.5. The van der Waals surface area contributed by atoms with Gasteiger partial charge in [0.15, 0.2) is 0 Å². The Kier molecular flexibility index (Phi) is 8.09. The molecule has 0 spiro atoms. The summed E-state index contributed by atoms with van der Waals surface area (Å²) in [6.45, 7) is 6.78. The quantitative estimate of drug-likeness (QED) is 0.695. The van der Waals surface area contributed by atoms with Crippen LogP contribution in [0, 0.1) is 0 Å². The van der Waals surface area contributed by atoms with Crippen molar-refractivity contribution in [3.63, 3.8) is 0 Å². The Morgan fingerprint density at radius 1 is 0.939 bits per heavy atom. The zero-order valence-corrected chi connectivity index (χ0v) is 19.6. The third-order valence-corrected chi connectivity index (χ3v) is 5.41. The SMILES string of the molecule is CC(C)(C)OC(=O)NCCC(=O)NC1CCN(C(=O)c2ccc(-c3ccccc3)cc2)CC1. The molecule has 3 rings (SSSR count). The first-order valence-electron chi connectivity index (χ1n) is 11.4. The first-order chi connectivity index (χ1) is 15.7. The highest BCUT2D eigenvalue weighted by molar-refractivity contribution is 5.94.